The van der Waals surface area contributed by atoms with Crippen molar-refractivity contribution in [2.24, 2.45) is 0 Å². The summed E-state index contributed by atoms with van der Waals surface area (Å²) in [4.78, 5) is 5.56. The van der Waals surface area contributed by atoms with Crippen LogP contribution in [0.2, 0.25) is 0 Å². The Morgan fingerprint density at radius 2 is 1.85 bits per heavy atom. The van der Waals surface area contributed by atoms with E-state index < -0.39 is 21.9 Å². The van der Waals surface area contributed by atoms with E-state index in [0.717, 1.165) is 25.0 Å². The van der Waals surface area contributed by atoms with Crippen molar-refractivity contribution < 1.29 is 26.3 Å². The fourth-order valence-electron chi connectivity index (χ4n) is 3.73. The Labute approximate surface area is 157 Å². The lowest BCUT2D eigenvalue weighted by molar-refractivity contribution is -0.141. The SMILES string of the molecule is Cc1nc(C(F)(F)F)ccc1S(=O)(=O)N1CCN([C@@H]2CCO[C@@H](C)C2)CC1. The lowest BCUT2D eigenvalue weighted by atomic mass is 10.0. The average molecular weight is 407 g/mol. The molecule has 152 valence electrons. The standard InChI is InChI=1S/C17H24F3N3O3S/c1-12-11-14(5-10-26-12)22-6-8-23(9-7-22)27(24,25)15-3-4-16(17(18,19)20)21-13(15)2/h3-4,12,14H,5-11H2,1-2H3/t12-,14+/m0/s1. The van der Waals surface area contributed by atoms with E-state index in [1.54, 1.807) is 0 Å². The maximum atomic E-state index is 12.9. The van der Waals surface area contributed by atoms with Crippen molar-refractivity contribution in [3.8, 4) is 0 Å². The summed E-state index contributed by atoms with van der Waals surface area (Å²) in [5, 5.41) is 0. The van der Waals surface area contributed by atoms with Crippen LogP contribution in [0.5, 0.6) is 0 Å². The molecule has 27 heavy (non-hydrogen) atoms. The van der Waals surface area contributed by atoms with Gasteiger partial charge < -0.3 is 4.74 Å². The number of aryl methyl sites for hydroxylation is 1. The summed E-state index contributed by atoms with van der Waals surface area (Å²) in [6.45, 7) is 5.87. The topological polar surface area (TPSA) is 62.7 Å². The number of hydrogen-bond acceptors (Lipinski definition) is 5. The molecule has 0 saturated carbocycles. The normalized spacial score (nSPS) is 26.3. The Hall–Kier alpha value is -1.23. The lowest BCUT2D eigenvalue weighted by Gasteiger charge is -2.41. The van der Waals surface area contributed by atoms with Gasteiger partial charge in [0.25, 0.3) is 0 Å². The van der Waals surface area contributed by atoms with Crippen LogP contribution in [0.15, 0.2) is 17.0 Å². The summed E-state index contributed by atoms with van der Waals surface area (Å²) in [5.74, 6) is 0. The first kappa shape index (κ1) is 20.5. The van der Waals surface area contributed by atoms with Crippen molar-refractivity contribution in [1.82, 2.24) is 14.2 Å². The van der Waals surface area contributed by atoms with Crippen molar-refractivity contribution in [3.05, 3.63) is 23.5 Å². The molecular weight excluding hydrogens is 383 g/mol. The van der Waals surface area contributed by atoms with Crippen LogP contribution in [0, 0.1) is 6.92 Å². The van der Waals surface area contributed by atoms with Crippen LogP contribution < -0.4 is 0 Å². The minimum absolute atomic E-state index is 0.134. The predicted molar refractivity (Wildman–Crippen MR) is 92.7 cm³/mol. The number of alkyl halides is 3. The summed E-state index contributed by atoms with van der Waals surface area (Å²) in [6, 6.07) is 2.11. The number of nitrogens with zero attached hydrogens (tertiary/aromatic N) is 3. The molecule has 0 amide bonds. The molecule has 2 atom stereocenters. The fourth-order valence-corrected chi connectivity index (χ4v) is 5.31. The van der Waals surface area contributed by atoms with Crippen LogP contribution in [0.4, 0.5) is 13.2 Å². The number of halogens is 3. The van der Waals surface area contributed by atoms with Crippen molar-refractivity contribution in [2.75, 3.05) is 32.8 Å². The highest BCUT2D eigenvalue weighted by atomic mass is 32.2. The number of pyridine rings is 1. The van der Waals surface area contributed by atoms with Gasteiger partial charge in [0.1, 0.15) is 10.6 Å². The summed E-state index contributed by atoms with van der Waals surface area (Å²) < 4.78 is 70.9. The van der Waals surface area contributed by atoms with E-state index in [1.165, 1.54) is 11.2 Å². The molecule has 1 aromatic heterocycles. The van der Waals surface area contributed by atoms with Crippen LogP contribution in [0.25, 0.3) is 0 Å². The van der Waals surface area contributed by atoms with Gasteiger partial charge in [-0.25, -0.2) is 13.4 Å². The first-order valence-corrected chi connectivity index (χ1v) is 10.4. The zero-order chi connectivity index (χ0) is 19.8. The van der Waals surface area contributed by atoms with E-state index in [4.69, 9.17) is 4.74 Å². The third-order valence-corrected chi connectivity index (χ3v) is 7.22. The Morgan fingerprint density at radius 3 is 2.41 bits per heavy atom. The van der Waals surface area contributed by atoms with E-state index in [9.17, 15) is 21.6 Å². The van der Waals surface area contributed by atoms with Gasteiger partial charge >= 0.3 is 6.18 Å². The van der Waals surface area contributed by atoms with E-state index >= 15 is 0 Å². The van der Waals surface area contributed by atoms with Crippen molar-refractivity contribution >= 4 is 10.0 Å². The van der Waals surface area contributed by atoms with E-state index in [2.05, 4.69) is 9.88 Å². The Kier molecular flexibility index (Phi) is 5.81. The van der Waals surface area contributed by atoms with Gasteiger partial charge in [0.05, 0.1) is 11.8 Å². The van der Waals surface area contributed by atoms with Crippen LogP contribution in [-0.4, -0.2) is 67.5 Å². The highest BCUT2D eigenvalue weighted by Gasteiger charge is 2.36. The molecule has 2 saturated heterocycles. The van der Waals surface area contributed by atoms with Crippen LogP contribution in [0.3, 0.4) is 0 Å². The summed E-state index contributed by atoms with van der Waals surface area (Å²) in [5.41, 5.74) is -1.22. The third kappa shape index (κ3) is 4.44. The number of piperazine rings is 1. The number of hydrogen-bond donors (Lipinski definition) is 0. The predicted octanol–water partition coefficient (Wildman–Crippen LogP) is 2.28. The van der Waals surface area contributed by atoms with Gasteiger partial charge in [0.15, 0.2) is 0 Å². The third-order valence-electron chi connectivity index (χ3n) is 5.19. The molecule has 2 aliphatic rings. The molecule has 2 aliphatic heterocycles. The van der Waals surface area contributed by atoms with Crippen molar-refractivity contribution in [1.29, 1.82) is 0 Å². The van der Waals surface area contributed by atoms with Gasteiger partial charge in [0.2, 0.25) is 10.0 Å². The van der Waals surface area contributed by atoms with Crippen LogP contribution in [0.1, 0.15) is 31.2 Å². The molecule has 6 nitrogen and oxygen atoms in total. The molecule has 0 unspecified atom stereocenters. The molecule has 0 radical (unpaired) electrons. The van der Waals surface area contributed by atoms with Gasteiger partial charge in [-0.1, -0.05) is 0 Å². The first-order chi connectivity index (χ1) is 12.6. The zero-order valence-electron chi connectivity index (χ0n) is 15.4. The Morgan fingerprint density at radius 1 is 1.19 bits per heavy atom. The summed E-state index contributed by atoms with van der Waals surface area (Å²) in [6.07, 6.45) is -2.54. The molecule has 0 aliphatic carbocycles. The monoisotopic (exact) mass is 407 g/mol. The average Bonchev–Trinajstić information content (AvgIpc) is 2.61. The quantitative estimate of drug-likeness (QED) is 0.769. The van der Waals surface area contributed by atoms with Crippen LogP contribution >= 0.6 is 0 Å². The number of aromatic nitrogens is 1. The number of ether oxygens (including phenoxy) is 1. The Balaban J connectivity index is 1.70. The second-order valence-corrected chi connectivity index (χ2v) is 8.98. The maximum Gasteiger partial charge on any atom is 0.433 e. The summed E-state index contributed by atoms with van der Waals surface area (Å²) in [7, 11) is -3.87. The smallest absolute Gasteiger partial charge is 0.378 e. The molecule has 1 aromatic rings. The number of sulfonamides is 1. The maximum absolute atomic E-state index is 12.9. The second kappa shape index (κ2) is 7.65. The molecule has 0 spiro atoms. The van der Waals surface area contributed by atoms with Gasteiger partial charge in [-0.3, -0.25) is 4.90 Å². The largest absolute Gasteiger partial charge is 0.433 e. The van der Waals surface area contributed by atoms with E-state index in [-0.39, 0.29) is 16.7 Å². The zero-order valence-corrected chi connectivity index (χ0v) is 16.2. The lowest BCUT2D eigenvalue weighted by Crippen LogP contribution is -2.53. The second-order valence-electron chi connectivity index (χ2n) is 7.08. The highest BCUT2D eigenvalue weighted by molar-refractivity contribution is 7.89. The molecular formula is C17H24F3N3O3S. The van der Waals surface area contributed by atoms with Gasteiger partial charge in [-0.15, -0.1) is 0 Å². The van der Waals surface area contributed by atoms with Gasteiger partial charge in [-0.05, 0) is 38.8 Å². The molecule has 10 heteroatoms. The van der Waals surface area contributed by atoms with Crippen LogP contribution in [-0.2, 0) is 20.9 Å². The van der Waals surface area contributed by atoms with E-state index in [0.29, 0.717) is 38.8 Å². The van der Waals surface area contributed by atoms with E-state index in [1.807, 2.05) is 6.92 Å². The van der Waals surface area contributed by atoms with Gasteiger partial charge in [-0.2, -0.15) is 17.5 Å². The van der Waals surface area contributed by atoms with Crippen molar-refractivity contribution in [3.63, 3.8) is 0 Å². The molecule has 0 bridgehead atoms. The molecule has 2 fully saturated rings. The first-order valence-electron chi connectivity index (χ1n) is 8.99. The van der Waals surface area contributed by atoms with Crippen molar-refractivity contribution in [2.45, 2.75) is 49.9 Å². The minimum Gasteiger partial charge on any atom is -0.378 e. The molecule has 3 heterocycles. The summed E-state index contributed by atoms with van der Waals surface area (Å²) >= 11 is 0. The fraction of sp³-hybridized carbons (Fsp3) is 0.706. The highest BCUT2D eigenvalue weighted by Crippen LogP contribution is 2.30. The minimum atomic E-state index is -4.60. The number of rotatable bonds is 3. The van der Waals surface area contributed by atoms with Gasteiger partial charge in [0, 0.05) is 38.8 Å². The molecule has 3 rings (SSSR count). The molecule has 0 N–H and O–H groups in total. The Bertz CT molecular complexity index is 777. The molecule has 0 aromatic carbocycles.